The number of nitrogens with one attached hydrogen (secondary N) is 2. The normalized spacial score (nSPS) is 21.8. The zero-order chi connectivity index (χ0) is 17.4. The largest absolute Gasteiger partial charge is 0.346 e. The van der Waals surface area contributed by atoms with Crippen molar-refractivity contribution >= 4 is 31.8 Å². The van der Waals surface area contributed by atoms with Gasteiger partial charge in [-0.05, 0) is 31.9 Å². The molecule has 25 heavy (non-hydrogen) atoms. The molecule has 3 aromatic heterocycles. The Morgan fingerprint density at radius 3 is 3.00 bits per heavy atom. The topological polar surface area (TPSA) is 101 Å². The van der Waals surface area contributed by atoms with Crippen molar-refractivity contribution in [2.24, 2.45) is 0 Å². The molecule has 3 aromatic rings. The molecule has 1 aliphatic rings. The molecule has 1 fully saturated rings. The Labute approximate surface area is 146 Å². The van der Waals surface area contributed by atoms with Gasteiger partial charge >= 0.3 is 0 Å². The third-order valence-electron chi connectivity index (χ3n) is 4.85. The van der Waals surface area contributed by atoms with Crippen LogP contribution in [-0.2, 0) is 9.84 Å². The van der Waals surface area contributed by atoms with Crippen LogP contribution in [0.3, 0.4) is 0 Å². The fraction of sp³-hybridized carbons (Fsp3) is 0.471. The first-order chi connectivity index (χ1) is 12.1. The lowest BCUT2D eigenvalue weighted by atomic mass is 9.92. The van der Waals surface area contributed by atoms with Gasteiger partial charge in [-0.2, -0.15) is 0 Å². The molecule has 0 bridgehead atoms. The Morgan fingerprint density at radius 1 is 1.28 bits per heavy atom. The van der Waals surface area contributed by atoms with Crippen molar-refractivity contribution in [2.75, 3.05) is 12.3 Å². The molecule has 4 heterocycles. The van der Waals surface area contributed by atoms with E-state index in [0.29, 0.717) is 13.0 Å². The zero-order valence-corrected chi connectivity index (χ0v) is 14.9. The first-order valence-corrected chi connectivity index (χ1v) is 10.3. The number of nitrogens with zero attached hydrogens (tertiary/aromatic N) is 3. The Bertz CT molecular complexity index is 1010. The van der Waals surface area contributed by atoms with E-state index in [-0.39, 0.29) is 11.7 Å². The summed E-state index contributed by atoms with van der Waals surface area (Å²) >= 11 is 0. The second kappa shape index (κ2) is 6.34. The van der Waals surface area contributed by atoms with Gasteiger partial charge in [0, 0.05) is 22.9 Å². The van der Waals surface area contributed by atoms with Gasteiger partial charge in [0.15, 0.2) is 9.84 Å². The van der Waals surface area contributed by atoms with Crippen LogP contribution in [0.4, 0.5) is 0 Å². The van der Waals surface area contributed by atoms with Crippen LogP contribution in [0, 0.1) is 0 Å². The minimum atomic E-state index is -3.23. The minimum Gasteiger partial charge on any atom is -0.346 e. The van der Waals surface area contributed by atoms with Gasteiger partial charge in [0.2, 0.25) is 0 Å². The number of fused-ring (bicyclic) bond motifs is 3. The van der Waals surface area contributed by atoms with E-state index in [0.717, 1.165) is 40.5 Å². The quantitative estimate of drug-likeness (QED) is 0.740. The van der Waals surface area contributed by atoms with Crippen molar-refractivity contribution in [2.45, 2.75) is 37.5 Å². The summed E-state index contributed by atoms with van der Waals surface area (Å²) in [5, 5.41) is 4.47. The maximum atomic E-state index is 12.8. The van der Waals surface area contributed by atoms with E-state index in [1.54, 1.807) is 6.20 Å². The van der Waals surface area contributed by atoms with Crippen molar-refractivity contribution in [1.29, 1.82) is 0 Å². The van der Waals surface area contributed by atoms with E-state index in [2.05, 4.69) is 25.3 Å². The fourth-order valence-corrected chi connectivity index (χ4v) is 5.75. The molecule has 0 spiro atoms. The minimum absolute atomic E-state index is 0.184. The predicted molar refractivity (Wildman–Crippen MR) is 97.0 cm³/mol. The van der Waals surface area contributed by atoms with Gasteiger partial charge in [0.1, 0.15) is 17.3 Å². The fourth-order valence-electron chi connectivity index (χ4n) is 3.79. The molecular formula is C17H21N5O2S. The standard InChI is InChI=1S/C17H21N5O2S/c1-2-8-25(23,24)17-12(4-3-6-19-17)15-14-11-5-7-18-16(11)20-9-13(14)21-10-22-15/h5,7,9-10,12,17,19H,2-4,6,8H2,1H3,(H,18,20). The van der Waals surface area contributed by atoms with E-state index >= 15 is 0 Å². The molecule has 0 aromatic carbocycles. The van der Waals surface area contributed by atoms with Crippen molar-refractivity contribution < 1.29 is 8.42 Å². The second-order valence-corrected chi connectivity index (χ2v) is 8.75. The molecule has 132 valence electrons. The van der Waals surface area contributed by atoms with E-state index in [9.17, 15) is 8.42 Å². The second-order valence-electron chi connectivity index (χ2n) is 6.51. The molecule has 0 aliphatic carbocycles. The summed E-state index contributed by atoms with van der Waals surface area (Å²) in [5.41, 5.74) is 2.31. The van der Waals surface area contributed by atoms with Gasteiger partial charge in [-0.15, -0.1) is 0 Å². The molecule has 1 saturated heterocycles. The van der Waals surface area contributed by atoms with Crippen LogP contribution in [0.2, 0.25) is 0 Å². The molecule has 4 rings (SSSR count). The monoisotopic (exact) mass is 359 g/mol. The molecule has 2 atom stereocenters. The molecule has 7 nitrogen and oxygen atoms in total. The lowest BCUT2D eigenvalue weighted by Gasteiger charge is -2.32. The third-order valence-corrected chi connectivity index (χ3v) is 7.09. The SMILES string of the molecule is CCCS(=O)(=O)C1NCCCC1c1ncnc2cnc3[nH]ccc3c12. The van der Waals surface area contributed by atoms with Crippen molar-refractivity contribution in [1.82, 2.24) is 25.3 Å². The van der Waals surface area contributed by atoms with Gasteiger partial charge in [-0.3, -0.25) is 0 Å². The van der Waals surface area contributed by atoms with Gasteiger partial charge in [0.25, 0.3) is 0 Å². The van der Waals surface area contributed by atoms with Crippen LogP contribution in [0.5, 0.6) is 0 Å². The molecule has 2 N–H and O–H groups in total. The van der Waals surface area contributed by atoms with Gasteiger partial charge in [-0.25, -0.2) is 23.4 Å². The van der Waals surface area contributed by atoms with Crippen molar-refractivity contribution in [3.05, 3.63) is 30.5 Å². The third kappa shape index (κ3) is 2.79. The Balaban J connectivity index is 1.91. The highest BCUT2D eigenvalue weighted by Crippen LogP contribution is 2.35. The molecule has 8 heteroatoms. The van der Waals surface area contributed by atoms with E-state index in [4.69, 9.17) is 0 Å². The average molecular weight is 359 g/mol. The molecule has 0 saturated carbocycles. The first-order valence-electron chi connectivity index (χ1n) is 8.63. The summed E-state index contributed by atoms with van der Waals surface area (Å²) in [6.45, 7) is 2.61. The highest BCUT2D eigenvalue weighted by Gasteiger charge is 2.37. The van der Waals surface area contributed by atoms with Gasteiger partial charge in [0.05, 0.1) is 23.2 Å². The van der Waals surface area contributed by atoms with Crippen LogP contribution in [-0.4, -0.2) is 46.0 Å². The van der Waals surface area contributed by atoms with Crippen LogP contribution < -0.4 is 5.32 Å². The van der Waals surface area contributed by atoms with Crippen LogP contribution in [0.15, 0.2) is 24.8 Å². The highest BCUT2D eigenvalue weighted by atomic mass is 32.2. The first kappa shape index (κ1) is 16.4. The van der Waals surface area contributed by atoms with Crippen LogP contribution in [0.25, 0.3) is 21.9 Å². The number of hydrogen-bond donors (Lipinski definition) is 2. The van der Waals surface area contributed by atoms with E-state index < -0.39 is 15.2 Å². The molecule has 0 amide bonds. The smallest absolute Gasteiger partial charge is 0.166 e. The molecule has 2 unspecified atom stereocenters. The van der Waals surface area contributed by atoms with Crippen LogP contribution >= 0.6 is 0 Å². The number of aromatic nitrogens is 4. The number of rotatable bonds is 4. The van der Waals surface area contributed by atoms with Crippen molar-refractivity contribution in [3.63, 3.8) is 0 Å². The van der Waals surface area contributed by atoms with Crippen molar-refractivity contribution in [3.8, 4) is 0 Å². The Kier molecular flexibility index (Phi) is 4.16. The van der Waals surface area contributed by atoms with Gasteiger partial charge in [-0.1, -0.05) is 6.92 Å². The molecular weight excluding hydrogens is 338 g/mol. The molecule has 1 aliphatic heterocycles. The highest BCUT2D eigenvalue weighted by molar-refractivity contribution is 7.92. The summed E-state index contributed by atoms with van der Waals surface area (Å²) in [4.78, 5) is 16.3. The average Bonchev–Trinajstić information content (AvgIpc) is 3.10. The number of aromatic amines is 1. The Morgan fingerprint density at radius 2 is 2.16 bits per heavy atom. The number of pyridine rings is 1. The number of sulfone groups is 1. The Hall–Kier alpha value is -2.06. The summed E-state index contributed by atoms with van der Waals surface area (Å²) in [7, 11) is -3.23. The number of H-pyrrole nitrogens is 1. The van der Waals surface area contributed by atoms with E-state index in [1.165, 1.54) is 6.33 Å². The van der Waals surface area contributed by atoms with Gasteiger partial charge < -0.3 is 10.3 Å². The zero-order valence-electron chi connectivity index (χ0n) is 14.1. The lowest BCUT2D eigenvalue weighted by Crippen LogP contribution is -2.46. The molecule has 0 radical (unpaired) electrons. The number of hydrogen-bond acceptors (Lipinski definition) is 6. The summed E-state index contributed by atoms with van der Waals surface area (Å²) in [6, 6.07) is 1.95. The van der Waals surface area contributed by atoms with E-state index in [1.807, 2.05) is 19.2 Å². The maximum absolute atomic E-state index is 12.8. The predicted octanol–water partition coefficient (Wildman–Crippen LogP) is 2.12. The number of piperidine rings is 1. The summed E-state index contributed by atoms with van der Waals surface area (Å²) in [6.07, 6.45) is 7.39. The summed E-state index contributed by atoms with van der Waals surface area (Å²) < 4.78 is 25.6. The van der Waals surface area contributed by atoms with Crippen LogP contribution in [0.1, 0.15) is 37.8 Å². The maximum Gasteiger partial charge on any atom is 0.166 e. The lowest BCUT2D eigenvalue weighted by molar-refractivity contribution is 0.408. The summed E-state index contributed by atoms with van der Waals surface area (Å²) in [5.74, 6) is 0.00184.